The number of aliphatic hydroxyl groups excluding tert-OH is 1. The van der Waals surface area contributed by atoms with E-state index in [9.17, 15) is 4.79 Å². The highest BCUT2D eigenvalue weighted by molar-refractivity contribution is 5.90. The van der Waals surface area contributed by atoms with Crippen molar-refractivity contribution in [1.82, 2.24) is 4.90 Å². The number of amides is 1. The molecule has 0 atom stereocenters. The molecule has 5 nitrogen and oxygen atoms in total. The lowest BCUT2D eigenvalue weighted by Gasteiger charge is -2.19. The SMILES string of the molecule is CCN(CCCO)CCCC(=O)Nc1cccc(C#N)c1. The first-order valence-corrected chi connectivity index (χ1v) is 7.32. The monoisotopic (exact) mass is 289 g/mol. The van der Waals surface area contributed by atoms with Crippen molar-refractivity contribution in [3.05, 3.63) is 29.8 Å². The van der Waals surface area contributed by atoms with Crippen LogP contribution < -0.4 is 5.32 Å². The van der Waals surface area contributed by atoms with Crippen molar-refractivity contribution in [1.29, 1.82) is 5.26 Å². The van der Waals surface area contributed by atoms with Gasteiger partial charge in [-0.1, -0.05) is 13.0 Å². The minimum atomic E-state index is -0.0386. The normalized spacial score (nSPS) is 10.4. The first-order chi connectivity index (χ1) is 10.2. The number of aliphatic hydroxyl groups is 1. The van der Waals surface area contributed by atoms with Crippen LogP contribution in [-0.4, -0.2) is 42.2 Å². The standard InChI is InChI=1S/C16H23N3O2/c1-2-19(10-5-11-20)9-4-8-16(21)18-15-7-3-6-14(12-15)13-17/h3,6-7,12,20H,2,4-5,8-11H2,1H3,(H,18,21). The van der Waals surface area contributed by atoms with Crippen LogP contribution in [0.3, 0.4) is 0 Å². The number of benzene rings is 1. The largest absolute Gasteiger partial charge is 0.396 e. The van der Waals surface area contributed by atoms with Gasteiger partial charge in [-0.25, -0.2) is 0 Å². The Labute approximate surface area is 126 Å². The Morgan fingerprint density at radius 2 is 2.14 bits per heavy atom. The third-order valence-corrected chi connectivity index (χ3v) is 3.23. The van der Waals surface area contributed by atoms with Gasteiger partial charge in [0.25, 0.3) is 0 Å². The van der Waals surface area contributed by atoms with Gasteiger partial charge in [0.05, 0.1) is 11.6 Å². The van der Waals surface area contributed by atoms with Crippen molar-refractivity contribution >= 4 is 11.6 Å². The number of hydrogen-bond donors (Lipinski definition) is 2. The number of nitrogens with one attached hydrogen (secondary N) is 1. The van der Waals surface area contributed by atoms with Gasteiger partial charge in [0, 0.05) is 25.3 Å². The Morgan fingerprint density at radius 1 is 1.38 bits per heavy atom. The molecule has 0 fully saturated rings. The summed E-state index contributed by atoms with van der Waals surface area (Å²) in [5.41, 5.74) is 1.20. The quantitative estimate of drug-likeness (QED) is 0.729. The molecule has 0 bridgehead atoms. The summed E-state index contributed by atoms with van der Waals surface area (Å²) in [6.45, 7) is 4.91. The van der Waals surface area contributed by atoms with Crippen LogP contribution in [0.4, 0.5) is 5.69 Å². The maximum Gasteiger partial charge on any atom is 0.224 e. The van der Waals surface area contributed by atoms with E-state index < -0.39 is 0 Å². The van der Waals surface area contributed by atoms with E-state index in [0.29, 0.717) is 17.7 Å². The molecule has 1 rings (SSSR count). The number of carbonyl (C=O) groups excluding carboxylic acids is 1. The third kappa shape index (κ3) is 6.89. The van der Waals surface area contributed by atoms with Crippen LogP contribution in [0.1, 0.15) is 31.7 Å². The molecule has 0 radical (unpaired) electrons. The number of hydrogen-bond acceptors (Lipinski definition) is 4. The van der Waals surface area contributed by atoms with Gasteiger partial charge < -0.3 is 15.3 Å². The summed E-state index contributed by atoms with van der Waals surface area (Å²) >= 11 is 0. The van der Waals surface area contributed by atoms with Crippen LogP contribution in [0, 0.1) is 11.3 Å². The molecule has 2 N–H and O–H groups in total. The second-order valence-corrected chi connectivity index (χ2v) is 4.86. The Hall–Kier alpha value is -1.90. The van der Waals surface area contributed by atoms with Crippen molar-refractivity contribution in [2.45, 2.75) is 26.2 Å². The molecule has 1 aromatic rings. The number of rotatable bonds is 9. The molecular weight excluding hydrogens is 266 g/mol. The topological polar surface area (TPSA) is 76.4 Å². The highest BCUT2D eigenvalue weighted by Gasteiger charge is 2.06. The van der Waals surface area contributed by atoms with E-state index in [0.717, 1.165) is 32.5 Å². The molecule has 0 aromatic heterocycles. The second-order valence-electron chi connectivity index (χ2n) is 4.86. The fourth-order valence-electron chi connectivity index (χ4n) is 2.08. The van der Waals surface area contributed by atoms with Crippen LogP contribution in [-0.2, 0) is 4.79 Å². The average molecular weight is 289 g/mol. The minimum absolute atomic E-state index is 0.0386. The zero-order chi connectivity index (χ0) is 15.5. The van der Waals surface area contributed by atoms with Crippen molar-refractivity contribution in [2.24, 2.45) is 0 Å². The lowest BCUT2D eigenvalue weighted by Crippen LogP contribution is -2.27. The number of nitrogens with zero attached hydrogens (tertiary/aromatic N) is 2. The molecule has 0 heterocycles. The fourth-order valence-corrected chi connectivity index (χ4v) is 2.08. The summed E-state index contributed by atoms with van der Waals surface area (Å²) in [6, 6.07) is 8.94. The van der Waals surface area contributed by atoms with Gasteiger partial charge in [0.2, 0.25) is 5.91 Å². The van der Waals surface area contributed by atoms with E-state index in [1.165, 1.54) is 0 Å². The lowest BCUT2D eigenvalue weighted by atomic mass is 10.2. The second kappa shape index (κ2) is 9.92. The fraction of sp³-hybridized carbons (Fsp3) is 0.500. The Balaban J connectivity index is 2.32. The highest BCUT2D eigenvalue weighted by atomic mass is 16.3. The summed E-state index contributed by atoms with van der Waals surface area (Å²) in [4.78, 5) is 14.1. The third-order valence-electron chi connectivity index (χ3n) is 3.23. The van der Waals surface area contributed by atoms with Crippen LogP contribution in [0.25, 0.3) is 0 Å². The van der Waals surface area contributed by atoms with Crippen LogP contribution >= 0.6 is 0 Å². The van der Waals surface area contributed by atoms with Crippen molar-refractivity contribution in [3.8, 4) is 6.07 Å². The molecule has 0 saturated heterocycles. The van der Waals surface area contributed by atoms with Gasteiger partial charge in [-0.15, -0.1) is 0 Å². The maximum absolute atomic E-state index is 11.8. The summed E-state index contributed by atoms with van der Waals surface area (Å²) in [5, 5.41) is 20.4. The predicted octanol–water partition coefficient (Wildman–Crippen LogP) is 1.98. The molecule has 5 heteroatoms. The van der Waals surface area contributed by atoms with Crippen LogP contribution in [0.5, 0.6) is 0 Å². The van der Waals surface area contributed by atoms with Gasteiger partial charge >= 0.3 is 0 Å². The summed E-state index contributed by atoms with van der Waals surface area (Å²) < 4.78 is 0. The van der Waals surface area contributed by atoms with E-state index in [2.05, 4.69) is 17.1 Å². The Bertz CT molecular complexity index is 483. The van der Waals surface area contributed by atoms with E-state index >= 15 is 0 Å². The molecule has 114 valence electrons. The lowest BCUT2D eigenvalue weighted by molar-refractivity contribution is -0.116. The first kappa shape index (κ1) is 17.2. The molecule has 0 aliphatic heterocycles. The highest BCUT2D eigenvalue weighted by Crippen LogP contribution is 2.10. The molecular formula is C16H23N3O2. The number of carbonyl (C=O) groups is 1. The molecule has 1 amide bonds. The van der Waals surface area contributed by atoms with Gasteiger partial charge in [0.15, 0.2) is 0 Å². The zero-order valence-corrected chi connectivity index (χ0v) is 12.5. The minimum Gasteiger partial charge on any atom is -0.396 e. The summed E-state index contributed by atoms with van der Waals surface area (Å²) in [6.07, 6.45) is 2.00. The average Bonchev–Trinajstić information content (AvgIpc) is 2.50. The van der Waals surface area contributed by atoms with Gasteiger partial charge in [-0.05, 0) is 44.1 Å². The van der Waals surface area contributed by atoms with Crippen LogP contribution in [0.15, 0.2) is 24.3 Å². The molecule has 1 aromatic carbocycles. The smallest absolute Gasteiger partial charge is 0.224 e. The molecule has 0 unspecified atom stereocenters. The van der Waals surface area contributed by atoms with E-state index in [1.807, 2.05) is 6.07 Å². The zero-order valence-electron chi connectivity index (χ0n) is 12.5. The summed E-state index contributed by atoms with van der Waals surface area (Å²) in [5.74, 6) is -0.0386. The van der Waals surface area contributed by atoms with E-state index in [-0.39, 0.29) is 12.5 Å². The number of nitriles is 1. The molecule has 0 aliphatic carbocycles. The molecule has 0 aliphatic rings. The van der Waals surface area contributed by atoms with Gasteiger partial charge in [-0.3, -0.25) is 4.79 Å². The van der Waals surface area contributed by atoms with Gasteiger partial charge in [0.1, 0.15) is 0 Å². The molecule has 21 heavy (non-hydrogen) atoms. The predicted molar refractivity (Wildman–Crippen MR) is 82.8 cm³/mol. The number of anilines is 1. The Morgan fingerprint density at radius 3 is 2.81 bits per heavy atom. The Kier molecular flexibility index (Phi) is 8.10. The van der Waals surface area contributed by atoms with Crippen molar-refractivity contribution in [2.75, 3.05) is 31.6 Å². The summed E-state index contributed by atoms with van der Waals surface area (Å²) in [7, 11) is 0. The van der Waals surface area contributed by atoms with E-state index in [4.69, 9.17) is 10.4 Å². The van der Waals surface area contributed by atoms with Crippen molar-refractivity contribution < 1.29 is 9.90 Å². The van der Waals surface area contributed by atoms with Crippen molar-refractivity contribution in [3.63, 3.8) is 0 Å². The van der Waals surface area contributed by atoms with Crippen LogP contribution in [0.2, 0.25) is 0 Å². The molecule has 0 spiro atoms. The van der Waals surface area contributed by atoms with E-state index in [1.54, 1.807) is 24.3 Å². The molecule has 0 saturated carbocycles. The first-order valence-electron chi connectivity index (χ1n) is 7.32. The maximum atomic E-state index is 11.8. The van der Waals surface area contributed by atoms with Gasteiger partial charge in [-0.2, -0.15) is 5.26 Å².